The number of nitrogens with zero attached hydrogens (tertiary/aromatic N) is 1. The van der Waals surface area contributed by atoms with Crippen molar-refractivity contribution < 1.29 is 22.7 Å². The maximum Gasteiger partial charge on any atom is 0.338 e. The van der Waals surface area contributed by atoms with E-state index in [9.17, 15) is 18.0 Å². The van der Waals surface area contributed by atoms with Crippen molar-refractivity contribution in [3.63, 3.8) is 0 Å². The van der Waals surface area contributed by atoms with E-state index in [1.54, 1.807) is 12.1 Å². The Morgan fingerprint density at radius 3 is 2.41 bits per heavy atom. The number of carbonyl (C=O) groups is 2. The van der Waals surface area contributed by atoms with Crippen LogP contribution in [0.5, 0.6) is 0 Å². The van der Waals surface area contributed by atoms with Gasteiger partial charge in [-0.3, -0.25) is 9.10 Å². The van der Waals surface area contributed by atoms with Gasteiger partial charge in [-0.25, -0.2) is 13.2 Å². The first-order chi connectivity index (χ1) is 13.2. The minimum absolute atomic E-state index is 0.0520. The molecule has 0 radical (unpaired) electrons. The lowest BCUT2D eigenvalue weighted by molar-refractivity contribution is -0.126. The number of sulfonamides is 1. The van der Waals surface area contributed by atoms with E-state index in [4.69, 9.17) is 4.74 Å². The average molecular weight is 425 g/mol. The van der Waals surface area contributed by atoms with Crippen molar-refractivity contribution in [2.24, 2.45) is 5.41 Å². The van der Waals surface area contributed by atoms with Gasteiger partial charge in [-0.2, -0.15) is 0 Å². The van der Waals surface area contributed by atoms with E-state index in [1.165, 1.54) is 16.6 Å². The SMILES string of the molecule is CC(C)(C)CC(C)(C)NC(=O)COC(=O)c1ccc2c(c1)CCCN2S(C)(=O)=O. The normalized spacial score (nSPS) is 14.9. The third kappa shape index (κ3) is 6.73. The third-order valence-corrected chi connectivity index (χ3v) is 5.76. The molecule has 1 aliphatic rings. The van der Waals surface area contributed by atoms with Gasteiger partial charge in [-0.15, -0.1) is 0 Å². The Bertz CT molecular complexity index is 885. The predicted molar refractivity (Wildman–Crippen MR) is 114 cm³/mol. The highest BCUT2D eigenvalue weighted by molar-refractivity contribution is 7.92. The van der Waals surface area contributed by atoms with E-state index in [0.29, 0.717) is 30.6 Å². The Morgan fingerprint density at radius 2 is 1.83 bits per heavy atom. The lowest BCUT2D eigenvalue weighted by atomic mass is 9.82. The summed E-state index contributed by atoms with van der Waals surface area (Å²) in [6.45, 7) is 10.2. The van der Waals surface area contributed by atoms with Crippen LogP contribution in [-0.4, -0.2) is 45.2 Å². The quantitative estimate of drug-likeness (QED) is 0.709. The Hall–Kier alpha value is -2.09. The number of anilines is 1. The van der Waals surface area contributed by atoms with Crippen LogP contribution < -0.4 is 9.62 Å². The van der Waals surface area contributed by atoms with Crippen LogP contribution in [0.25, 0.3) is 0 Å². The van der Waals surface area contributed by atoms with E-state index in [1.807, 2.05) is 13.8 Å². The number of aryl methyl sites for hydroxylation is 1. The van der Waals surface area contributed by atoms with Crippen LogP contribution in [0.15, 0.2) is 18.2 Å². The van der Waals surface area contributed by atoms with Crippen LogP contribution in [0.4, 0.5) is 5.69 Å². The number of carbonyl (C=O) groups excluding carboxylic acids is 2. The van der Waals surface area contributed by atoms with Crippen molar-refractivity contribution in [1.29, 1.82) is 0 Å². The maximum atomic E-state index is 12.4. The fraction of sp³-hybridized carbons (Fsp3) is 0.619. The lowest BCUT2D eigenvalue weighted by Gasteiger charge is -2.33. The number of hydrogen-bond acceptors (Lipinski definition) is 5. The van der Waals surface area contributed by atoms with E-state index >= 15 is 0 Å². The van der Waals surface area contributed by atoms with Gasteiger partial charge >= 0.3 is 5.97 Å². The molecule has 0 aliphatic carbocycles. The Balaban J connectivity index is 2.01. The average Bonchev–Trinajstić information content (AvgIpc) is 2.55. The van der Waals surface area contributed by atoms with Crippen molar-refractivity contribution in [2.75, 3.05) is 23.7 Å². The van der Waals surface area contributed by atoms with Gasteiger partial charge in [0.15, 0.2) is 6.61 Å². The van der Waals surface area contributed by atoms with Gasteiger partial charge in [0.05, 0.1) is 17.5 Å². The molecular weight excluding hydrogens is 392 g/mol. The largest absolute Gasteiger partial charge is 0.452 e. The number of benzene rings is 1. The standard InChI is InChI=1S/C21H32N2O5S/c1-20(2,3)14-21(4,5)22-18(24)13-28-19(25)16-9-10-17-15(12-16)8-7-11-23(17)29(6,26)27/h9-10,12H,7-8,11,13-14H2,1-6H3,(H,22,24). The summed E-state index contributed by atoms with van der Waals surface area (Å²) >= 11 is 0. The van der Waals surface area contributed by atoms with Crippen molar-refractivity contribution in [1.82, 2.24) is 5.32 Å². The second kappa shape index (κ2) is 8.34. The van der Waals surface area contributed by atoms with Gasteiger partial charge in [0.2, 0.25) is 10.0 Å². The topological polar surface area (TPSA) is 92.8 Å². The zero-order valence-corrected chi connectivity index (χ0v) is 19.0. The number of hydrogen-bond donors (Lipinski definition) is 1. The molecule has 29 heavy (non-hydrogen) atoms. The maximum absolute atomic E-state index is 12.4. The molecule has 0 bridgehead atoms. The van der Waals surface area contributed by atoms with Gasteiger partial charge in [0.25, 0.3) is 5.91 Å². The van der Waals surface area contributed by atoms with Crippen LogP contribution >= 0.6 is 0 Å². The first-order valence-corrected chi connectivity index (χ1v) is 11.6. The molecule has 0 unspecified atom stereocenters. The van der Waals surface area contributed by atoms with Crippen LogP contribution in [0.1, 0.15) is 63.4 Å². The van der Waals surface area contributed by atoms with Crippen LogP contribution in [0.3, 0.4) is 0 Å². The van der Waals surface area contributed by atoms with E-state index in [2.05, 4.69) is 26.1 Å². The molecular formula is C21H32N2O5S. The third-order valence-electron chi connectivity index (χ3n) is 4.58. The number of rotatable bonds is 6. The zero-order chi connectivity index (χ0) is 22.0. The summed E-state index contributed by atoms with van der Waals surface area (Å²) in [7, 11) is -3.36. The molecule has 8 heteroatoms. The molecule has 7 nitrogen and oxygen atoms in total. The molecule has 0 aromatic heterocycles. The second-order valence-electron chi connectivity index (χ2n) is 9.53. The summed E-state index contributed by atoms with van der Waals surface area (Å²) in [6, 6.07) is 4.81. The fourth-order valence-corrected chi connectivity index (χ4v) is 5.03. The smallest absolute Gasteiger partial charge is 0.338 e. The number of esters is 1. The monoisotopic (exact) mass is 424 g/mol. The lowest BCUT2D eigenvalue weighted by Crippen LogP contribution is -2.47. The predicted octanol–water partition coefficient (Wildman–Crippen LogP) is 2.89. The molecule has 0 spiro atoms. The van der Waals surface area contributed by atoms with Crippen LogP contribution in [-0.2, 0) is 26.0 Å². The molecule has 0 fully saturated rings. The van der Waals surface area contributed by atoms with Crippen molar-refractivity contribution >= 4 is 27.6 Å². The molecule has 2 rings (SSSR count). The number of amides is 1. The summed E-state index contributed by atoms with van der Waals surface area (Å²) in [5, 5.41) is 2.90. The van der Waals surface area contributed by atoms with Gasteiger partial charge in [-0.05, 0) is 62.3 Å². The van der Waals surface area contributed by atoms with Crippen molar-refractivity contribution in [3.05, 3.63) is 29.3 Å². The molecule has 0 atom stereocenters. The molecule has 1 aliphatic heterocycles. The Morgan fingerprint density at radius 1 is 1.17 bits per heavy atom. The van der Waals surface area contributed by atoms with Gasteiger partial charge < -0.3 is 10.1 Å². The summed E-state index contributed by atoms with van der Waals surface area (Å²) in [5.41, 5.74) is 1.32. The van der Waals surface area contributed by atoms with Crippen molar-refractivity contribution in [3.8, 4) is 0 Å². The molecule has 1 aromatic rings. The van der Waals surface area contributed by atoms with Gasteiger partial charge in [-0.1, -0.05) is 20.8 Å². The van der Waals surface area contributed by atoms with Crippen LogP contribution in [0, 0.1) is 5.41 Å². The minimum atomic E-state index is -3.36. The van der Waals surface area contributed by atoms with E-state index in [-0.39, 0.29) is 17.9 Å². The Kier molecular flexibility index (Phi) is 6.67. The molecule has 0 saturated heterocycles. The summed E-state index contributed by atoms with van der Waals surface area (Å²) in [5.74, 6) is -0.957. The highest BCUT2D eigenvalue weighted by atomic mass is 32.2. The summed E-state index contributed by atoms with van der Waals surface area (Å²) < 4.78 is 30.4. The first-order valence-electron chi connectivity index (χ1n) is 9.77. The second-order valence-corrected chi connectivity index (χ2v) is 11.4. The van der Waals surface area contributed by atoms with Gasteiger partial charge in [0.1, 0.15) is 0 Å². The zero-order valence-electron chi connectivity index (χ0n) is 18.2. The van der Waals surface area contributed by atoms with Crippen molar-refractivity contribution in [2.45, 2.75) is 59.4 Å². The van der Waals surface area contributed by atoms with Gasteiger partial charge in [0, 0.05) is 12.1 Å². The molecule has 1 aromatic carbocycles. The molecule has 162 valence electrons. The first kappa shape index (κ1) is 23.2. The number of nitrogens with one attached hydrogen (secondary N) is 1. The number of ether oxygens (including phenoxy) is 1. The highest BCUT2D eigenvalue weighted by Crippen LogP contribution is 2.30. The van der Waals surface area contributed by atoms with E-state index < -0.39 is 21.5 Å². The van der Waals surface area contributed by atoms with Crippen LogP contribution in [0.2, 0.25) is 0 Å². The fourth-order valence-electron chi connectivity index (χ4n) is 4.03. The molecule has 1 N–H and O–H groups in total. The number of fused-ring (bicyclic) bond motifs is 1. The van der Waals surface area contributed by atoms with E-state index in [0.717, 1.165) is 12.0 Å². The summed E-state index contributed by atoms with van der Waals surface area (Å²) in [6.07, 6.45) is 3.32. The molecule has 0 saturated carbocycles. The molecule has 1 heterocycles. The highest BCUT2D eigenvalue weighted by Gasteiger charge is 2.28. The molecule has 1 amide bonds. The minimum Gasteiger partial charge on any atom is -0.452 e. The Labute approximate surface area is 173 Å². The summed E-state index contributed by atoms with van der Waals surface area (Å²) in [4.78, 5) is 24.6.